The number of aromatic amines is 2. The molecule has 59 heavy (non-hydrogen) atoms. The number of nitrogens with zero attached hydrogens (tertiary/aromatic N) is 4. The van der Waals surface area contributed by atoms with Gasteiger partial charge in [0.25, 0.3) is 0 Å². The predicted octanol–water partition coefficient (Wildman–Crippen LogP) is 7.13. The van der Waals surface area contributed by atoms with Crippen LogP contribution in [0.2, 0.25) is 0 Å². The Bertz CT molecular complexity index is 1920. The normalized spacial score (nSPS) is 16.9. The molecular weight excluding hydrogens is 836 g/mol. The van der Waals surface area contributed by atoms with Gasteiger partial charge in [-0.1, -0.05) is 45.6 Å². The number of carbonyl (C=O) groups excluding carboxylic acids is 4. The van der Waals surface area contributed by atoms with Gasteiger partial charge in [-0.05, 0) is 61.8 Å². The number of hydrogen-bond donors (Lipinski definition) is 5. The van der Waals surface area contributed by atoms with Gasteiger partial charge in [0.05, 0.1) is 52.7 Å². The number of thiophene rings is 1. The van der Waals surface area contributed by atoms with E-state index in [9.17, 15) is 19.2 Å². The summed E-state index contributed by atoms with van der Waals surface area (Å²) in [5.74, 6) is 7.26. The predicted molar refractivity (Wildman–Crippen MR) is 242 cm³/mol. The first-order valence-electron chi connectivity index (χ1n) is 18.8. The van der Waals surface area contributed by atoms with Gasteiger partial charge in [-0.25, -0.2) is 14.8 Å². The van der Waals surface area contributed by atoms with Crippen molar-refractivity contribution in [3.05, 3.63) is 78.1 Å². The standard InChI is InChI=1S/C37H46N8O5S2.C2H6O.C2H4.2ClH/c1-22(2)31(40-21-46)35(47)44-17-9-12-27(44)33-38-19-25(41-33)29(51)14-8-6-7-11-24-15-16-30(52-24)26-20-39-34(42-26)28-13-10-18-45(28)36(48)32(23(3)4)43-37(49)50-5;1-3-2;1-2;;/h6,8,14-16,19-23,27-28,31-32,51H,9-10,12-13,17-18H2,1-5H3,(H,38,41)(H,39,42)(H,40,46)(H,43,49);1-2H3;1-2H2;2*1H/b8-6+,29-14-;;;;/t27-,28-,31?,32?;;;;/m0..../s1. The Balaban J connectivity index is 0.00000238. The molecule has 0 radical (unpaired) electrons. The second kappa shape index (κ2) is 26.5. The van der Waals surface area contributed by atoms with Gasteiger partial charge in [-0.15, -0.1) is 61.9 Å². The van der Waals surface area contributed by atoms with Crippen LogP contribution in [0.25, 0.3) is 15.5 Å². The number of likely N-dealkylation sites (tertiary alicyclic amines) is 2. The van der Waals surface area contributed by atoms with E-state index in [1.54, 1.807) is 42.5 Å². The second-order valence-corrected chi connectivity index (χ2v) is 15.4. The van der Waals surface area contributed by atoms with Crippen LogP contribution in [0.5, 0.6) is 0 Å². The number of carbonyl (C=O) groups is 4. The molecule has 2 saturated heterocycles. The Hall–Kier alpha value is -4.53. The molecule has 4 atom stereocenters. The first kappa shape index (κ1) is 52.5. The van der Waals surface area contributed by atoms with Crippen molar-refractivity contribution in [2.45, 2.75) is 77.5 Å². The molecule has 18 heteroatoms. The van der Waals surface area contributed by atoms with Crippen molar-refractivity contribution >= 4 is 78.0 Å². The topological polar surface area (TPSA) is 175 Å². The summed E-state index contributed by atoms with van der Waals surface area (Å²) in [5, 5.41) is 5.34. The van der Waals surface area contributed by atoms with Crippen molar-refractivity contribution in [3.8, 4) is 22.4 Å². The third-order valence-electron chi connectivity index (χ3n) is 9.24. The quantitative estimate of drug-likeness (QED) is 0.0420. The van der Waals surface area contributed by atoms with Gasteiger partial charge in [0, 0.05) is 32.2 Å². The number of halogens is 2. The molecule has 2 aliphatic heterocycles. The van der Waals surface area contributed by atoms with E-state index < -0.39 is 18.2 Å². The van der Waals surface area contributed by atoms with Crippen LogP contribution in [0.3, 0.4) is 0 Å². The lowest BCUT2D eigenvalue weighted by Crippen LogP contribution is -2.51. The van der Waals surface area contributed by atoms with Crippen LogP contribution >= 0.6 is 48.8 Å². The average molecular weight is 894 g/mol. The van der Waals surface area contributed by atoms with Crippen LogP contribution < -0.4 is 10.6 Å². The fourth-order valence-electron chi connectivity index (χ4n) is 6.52. The summed E-state index contributed by atoms with van der Waals surface area (Å²) in [5.41, 5.74) is 1.58. The van der Waals surface area contributed by atoms with Gasteiger partial charge in [-0.3, -0.25) is 14.4 Å². The molecule has 3 aromatic heterocycles. The van der Waals surface area contributed by atoms with Gasteiger partial charge in [0.1, 0.15) is 23.7 Å². The molecule has 0 spiro atoms. The van der Waals surface area contributed by atoms with E-state index in [1.165, 1.54) is 18.4 Å². The molecule has 14 nitrogen and oxygen atoms in total. The van der Waals surface area contributed by atoms with Crippen molar-refractivity contribution < 1.29 is 28.7 Å². The highest BCUT2D eigenvalue weighted by Gasteiger charge is 2.38. The highest BCUT2D eigenvalue weighted by atomic mass is 35.5. The number of aromatic nitrogens is 4. The molecule has 5 heterocycles. The Morgan fingerprint density at radius 3 is 2.05 bits per heavy atom. The van der Waals surface area contributed by atoms with Crippen LogP contribution in [0.1, 0.15) is 87.7 Å². The smallest absolute Gasteiger partial charge is 0.407 e. The fraction of sp³-hybridized carbons (Fsp3) is 0.463. The lowest BCUT2D eigenvalue weighted by Gasteiger charge is -2.30. The largest absolute Gasteiger partial charge is 0.453 e. The molecule has 0 saturated carbocycles. The molecule has 2 fully saturated rings. The number of allylic oxidation sites excluding steroid dienone is 3. The minimum Gasteiger partial charge on any atom is -0.453 e. The molecule has 0 bridgehead atoms. The maximum absolute atomic E-state index is 13.5. The van der Waals surface area contributed by atoms with Gasteiger partial charge >= 0.3 is 6.09 Å². The molecule has 5 rings (SSSR count). The molecule has 324 valence electrons. The number of rotatable bonds is 12. The van der Waals surface area contributed by atoms with Crippen LogP contribution in [0.15, 0.2) is 55.9 Å². The summed E-state index contributed by atoms with van der Waals surface area (Å²) in [4.78, 5) is 71.7. The van der Waals surface area contributed by atoms with Crippen molar-refractivity contribution in [2.24, 2.45) is 11.8 Å². The number of methoxy groups -OCH3 is 2. The van der Waals surface area contributed by atoms with Gasteiger partial charge in [0.15, 0.2) is 0 Å². The minimum atomic E-state index is -0.688. The van der Waals surface area contributed by atoms with Gasteiger partial charge < -0.3 is 39.9 Å². The van der Waals surface area contributed by atoms with Crippen molar-refractivity contribution in [1.82, 2.24) is 40.4 Å². The minimum absolute atomic E-state index is 0. The summed E-state index contributed by atoms with van der Waals surface area (Å²) >= 11 is 6.18. The Morgan fingerprint density at radius 1 is 0.932 bits per heavy atom. The van der Waals surface area contributed by atoms with E-state index >= 15 is 0 Å². The summed E-state index contributed by atoms with van der Waals surface area (Å²) in [6, 6.07) is 2.29. The zero-order chi connectivity index (χ0) is 42.1. The molecule has 4 N–H and O–H groups in total. The van der Waals surface area contributed by atoms with Gasteiger partial charge in [-0.2, -0.15) is 0 Å². The van der Waals surface area contributed by atoms with E-state index in [0.29, 0.717) is 36.1 Å². The van der Waals surface area contributed by atoms with E-state index in [2.05, 4.69) is 72.9 Å². The van der Waals surface area contributed by atoms with Crippen molar-refractivity contribution in [1.29, 1.82) is 0 Å². The molecular formula is C41H58Cl2N8O6S2. The number of alkyl carbamates (subject to hydrolysis) is 1. The Morgan fingerprint density at radius 2 is 1.49 bits per heavy atom. The second-order valence-electron chi connectivity index (χ2n) is 13.9. The highest BCUT2D eigenvalue weighted by Crippen LogP contribution is 2.35. The Labute approximate surface area is 369 Å². The SMILES string of the molecule is C=C.COC.COC(=O)NC(C(=O)N1CCC[C@H]1c1ncc(-c2ccc(C#C/C=C/C=C(\S)c3cnc([C@@H]4CCCN4C(=O)C(NC=O)C(C)C)[nH]3)s2)[nH]1)C(C)C.Cl.Cl. The third-order valence-corrected chi connectivity index (χ3v) is 10.7. The number of nitrogens with one attached hydrogen (secondary N) is 4. The fourth-order valence-corrected chi connectivity index (χ4v) is 7.55. The first-order valence-corrected chi connectivity index (χ1v) is 20.0. The highest BCUT2D eigenvalue weighted by molar-refractivity contribution is 7.90. The van der Waals surface area contributed by atoms with Crippen LogP contribution in [-0.2, 0) is 23.9 Å². The zero-order valence-corrected chi connectivity index (χ0v) is 38.0. The number of hydrogen-bond acceptors (Lipinski definition) is 10. The van der Waals surface area contributed by atoms with Crippen molar-refractivity contribution in [3.63, 3.8) is 0 Å². The number of thiol groups is 1. The molecule has 2 aliphatic rings. The lowest BCUT2D eigenvalue weighted by atomic mass is 10.0. The Kier molecular flexibility index (Phi) is 23.6. The summed E-state index contributed by atoms with van der Waals surface area (Å²) < 4.78 is 8.98. The number of amides is 4. The van der Waals surface area contributed by atoms with E-state index in [-0.39, 0.29) is 60.5 Å². The first-order chi connectivity index (χ1) is 27.4. The number of H-pyrrole nitrogens is 2. The average Bonchev–Trinajstić information content (AvgIpc) is 4.04. The lowest BCUT2D eigenvalue weighted by molar-refractivity contribution is -0.137. The number of ether oxygens (including phenoxy) is 2. The van der Waals surface area contributed by atoms with E-state index in [1.807, 2.05) is 52.0 Å². The maximum Gasteiger partial charge on any atom is 0.407 e. The monoisotopic (exact) mass is 892 g/mol. The molecule has 0 aliphatic carbocycles. The van der Waals surface area contributed by atoms with Crippen LogP contribution in [0, 0.1) is 23.7 Å². The summed E-state index contributed by atoms with van der Waals surface area (Å²) in [7, 11) is 4.53. The van der Waals surface area contributed by atoms with E-state index in [0.717, 1.165) is 46.8 Å². The van der Waals surface area contributed by atoms with Gasteiger partial charge in [0.2, 0.25) is 18.2 Å². The molecule has 4 amide bonds. The third kappa shape index (κ3) is 14.3. The summed E-state index contributed by atoms with van der Waals surface area (Å²) in [6.07, 6.45) is 12.1. The van der Waals surface area contributed by atoms with Crippen molar-refractivity contribution in [2.75, 3.05) is 34.4 Å². The number of imidazole rings is 2. The molecule has 2 unspecified atom stereocenters. The zero-order valence-electron chi connectivity index (χ0n) is 34.7. The molecule has 0 aromatic carbocycles. The molecule has 3 aromatic rings. The maximum atomic E-state index is 13.5. The van der Waals surface area contributed by atoms with E-state index in [4.69, 9.17) is 4.74 Å². The van der Waals surface area contributed by atoms with Crippen LogP contribution in [-0.4, -0.2) is 101 Å². The van der Waals surface area contributed by atoms with Crippen LogP contribution in [0.4, 0.5) is 4.79 Å². The summed E-state index contributed by atoms with van der Waals surface area (Å²) in [6.45, 7) is 14.8.